The van der Waals surface area contributed by atoms with Crippen LogP contribution >= 0.6 is 23.4 Å². The van der Waals surface area contributed by atoms with E-state index in [-0.39, 0.29) is 17.2 Å². The lowest BCUT2D eigenvalue weighted by Gasteiger charge is -2.30. The summed E-state index contributed by atoms with van der Waals surface area (Å²) in [7, 11) is 1.63. The van der Waals surface area contributed by atoms with E-state index in [0.29, 0.717) is 35.4 Å². The van der Waals surface area contributed by atoms with Gasteiger partial charge in [0.2, 0.25) is 5.91 Å². The molecule has 1 aliphatic heterocycles. The molecule has 5 nitrogen and oxygen atoms in total. The summed E-state index contributed by atoms with van der Waals surface area (Å²) < 4.78 is 5.01. The molecule has 2 unspecified atom stereocenters. The number of hydrogen-bond acceptors (Lipinski definition) is 4. The zero-order valence-corrected chi connectivity index (χ0v) is 17.1. The highest BCUT2D eigenvalue weighted by molar-refractivity contribution is 8.00. The van der Waals surface area contributed by atoms with Crippen molar-refractivity contribution in [1.29, 1.82) is 0 Å². The van der Waals surface area contributed by atoms with E-state index in [1.54, 1.807) is 48.0 Å². The van der Waals surface area contributed by atoms with Crippen LogP contribution in [0.25, 0.3) is 0 Å². The van der Waals surface area contributed by atoms with Crippen LogP contribution in [0.4, 0.5) is 0 Å². The molecule has 1 aromatic carbocycles. The zero-order chi connectivity index (χ0) is 19.1. The number of ether oxygens (including phenoxy) is 1. The Morgan fingerprint density at radius 1 is 1.38 bits per heavy atom. The van der Waals surface area contributed by atoms with Crippen molar-refractivity contribution in [3.8, 4) is 0 Å². The van der Waals surface area contributed by atoms with Crippen molar-refractivity contribution in [2.75, 3.05) is 26.0 Å². The number of rotatable bonds is 8. The fraction of sp³-hybridized carbons (Fsp3) is 0.579. The molecule has 2 amide bonds. The Hall–Kier alpha value is -1.24. The van der Waals surface area contributed by atoms with E-state index in [1.807, 2.05) is 0 Å². The Morgan fingerprint density at radius 3 is 2.77 bits per heavy atom. The molecule has 1 N–H and O–H groups in total. The van der Waals surface area contributed by atoms with Crippen molar-refractivity contribution < 1.29 is 14.3 Å². The van der Waals surface area contributed by atoms with E-state index >= 15 is 0 Å². The van der Waals surface area contributed by atoms with Crippen LogP contribution in [-0.4, -0.2) is 54.1 Å². The number of thioether (sulfide) groups is 1. The molecular weight excluding hydrogens is 372 g/mol. The van der Waals surface area contributed by atoms with Gasteiger partial charge in [0, 0.05) is 26.0 Å². The second kappa shape index (κ2) is 10.2. The molecule has 1 aliphatic rings. The maximum atomic E-state index is 13.2. The van der Waals surface area contributed by atoms with E-state index in [2.05, 4.69) is 19.2 Å². The quantitative estimate of drug-likeness (QED) is 0.681. The van der Waals surface area contributed by atoms with Gasteiger partial charge in [-0.15, -0.1) is 11.8 Å². The number of nitrogens with zero attached hydrogens (tertiary/aromatic N) is 1. The maximum Gasteiger partial charge on any atom is 0.256 e. The lowest BCUT2D eigenvalue weighted by molar-refractivity contribution is -0.124. The second-order valence-corrected chi connectivity index (χ2v) is 8.38. The van der Waals surface area contributed by atoms with Crippen molar-refractivity contribution in [1.82, 2.24) is 10.2 Å². The molecule has 0 aromatic heterocycles. The number of benzene rings is 1. The van der Waals surface area contributed by atoms with E-state index < -0.39 is 6.04 Å². The molecule has 2 rings (SSSR count). The van der Waals surface area contributed by atoms with Crippen LogP contribution in [0.15, 0.2) is 24.3 Å². The zero-order valence-electron chi connectivity index (χ0n) is 15.5. The molecule has 0 spiro atoms. The fourth-order valence-electron chi connectivity index (χ4n) is 2.94. The van der Waals surface area contributed by atoms with Gasteiger partial charge in [0.25, 0.3) is 5.91 Å². The first kappa shape index (κ1) is 21.1. The smallest absolute Gasteiger partial charge is 0.256 e. The van der Waals surface area contributed by atoms with Gasteiger partial charge in [-0.3, -0.25) is 9.59 Å². The summed E-state index contributed by atoms with van der Waals surface area (Å²) in [4.78, 5) is 27.6. The van der Waals surface area contributed by atoms with Gasteiger partial charge in [-0.1, -0.05) is 37.6 Å². The minimum atomic E-state index is -0.477. The summed E-state index contributed by atoms with van der Waals surface area (Å²) in [6.07, 6.45) is 1.59. The van der Waals surface area contributed by atoms with Crippen LogP contribution in [0.2, 0.25) is 5.02 Å². The molecule has 7 heteroatoms. The van der Waals surface area contributed by atoms with Crippen LogP contribution in [0.1, 0.15) is 37.0 Å². The number of hydrogen-bond donors (Lipinski definition) is 1. The first-order valence-corrected chi connectivity index (χ1v) is 10.3. The van der Waals surface area contributed by atoms with Crippen molar-refractivity contribution in [2.24, 2.45) is 5.92 Å². The number of halogens is 1. The molecule has 144 valence electrons. The third-order valence-electron chi connectivity index (χ3n) is 4.23. The van der Waals surface area contributed by atoms with E-state index in [4.69, 9.17) is 16.3 Å². The second-order valence-electron chi connectivity index (χ2n) is 6.76. The Balaban J connectivity index is 2.17. The van der Waals surface area contributed by atoms with Crippen LogP contribution in [0.3, 0.4) is 0 Å². The summed E-state index contributed by atoms with van der Waals surface area (Å²) in [5.74, 6) is 0.741. The molecule has 1 aromatic rings. The monoisotopic (exact) mass is 398 g/mol. The van der Waals surface area contributed by atoms with Gasteiger partial charge in [-0.2, -0.15) is 0 Å². The lowest BCUT2D eigenvalue weighted by Crippen LogP contribution is -2.50. The number of amides is 2. The van der Waals surface area contributed by atoms with Gasteiger partial charge in [0.1, 0.15) is 6.04 Å². The first-order chi connectivity index (χ1) is 12.5. The summed E-state index contributed by atoms with van der Waals surface area (Å²) in [5, 5.41) is 3.32. The molecule has 0 bridgehead atoms. The normalized spacial score (nSPS) is 19.8. The standard InChI is InChI=1S/C19H27ClN2O3S/c1-13(2)11-17-22(19(24)14-7-4-5-8-15(14)20)16(12-26-17)18(23)21-9-6-10-25-3/h4-5,7-8,13,16-17H,6,9-12H2,1-3H3,(H,21,23). The van der Waals surface area contributed by atoms with Gasteiger partial charge in [-0.25, -0.2) is 0 Å². The third kappa shape index (κ3) is 5.38. The molecular formula is C19H27ClN2O3S. The van der Waals surface area contributed by atoms with Crippen LogP contribution < -0.4 is 5.32 Å². The highest BCUT2D eigenvalue weighted by Gasteiger charge is 2.42. The minimum absolute atomic E-state index is 0.0199. The van der Waals surface area contributed by atoms with E-state index in [9.17, 15) is 9.59 Å². The Kier molecular flexibility index (Phi) is 8.25. The average Bonchev–Trinajstić information content (AvgIpc) is 3.01. The Morgan fingerprint density at radius 2 is 2.12 bits per heavy atom. The van der Waals surface area contributed by atoms with Crippen LogP contribution in [-0.2, 0) is 9.53 Å². The summed E-state index contributed by atoms with van der Waals surface area (Å²) in [6.45, 7) is 5.38. The maximum absolute atomic E-state index is 13.2. The van der Waals surface area contributed by atoms with E-state index in [0.717, 1.165) is 12.8 Å². The molecule has 0 radical (unpaired) electrons. The minimum Gasteiger partial charge on any atom is -0.385 e. The predicted octanol–water partition coefficient (Wildman–Crippen LogP) is 3.42. The Labute approximate surface area is 164 Å². The van der Waals surface area contributed by atoms with Crippen molar-refractivity contribution in [3.05, 3.63) is 34.9 Å². The van der Waals surface area contributed by atoms with Gasteiger partial charge in [0.05, 0.1) is 16.0 Å². The Bertz CT molecular complexity index is 627. The topological polar surface area (TPSA) is 58.6 Å². The predicted molar refractivity (Wildman–Crippen MR) is 107 cm³/mol. The highest BCUT2D eigenvalue weighted by atomic mass is 35.5. The van der Waals surface area contributed by atoms with Crippen molar-refractivity contribution in [2.45, 2.75) is 38.1 Å². The summed E-state index contributed by atoms with van der Waals surface area (Å²) >= 11 is 7.89. The molecule has 1 heterocycles. The number of carbonyl (C=O) groups is 2. The molecule has 1 fully saturated rings. The molecule has 26 heavy (non-hydrogen) atoms. The van der Waals surface area contributed by atoms with Crippen molar-refractivity contribution >= 4 is 35.2 Å². The fourth-order valence-corrected chi connectivity index (χ4v) is 4.80. The van der Waals surface area contributed by atoms with Gasteiger partial charge in [0.15, 0.2) is 0 Å². The van der Waals surface area contributed by atoms with Crippen LogP contribution in [0, 0.1) is 5.92 Å². The third-order valence-corrected chi connectivity index (χ3v) is 5.87. The molecule has 2 atom stereocenters. The lowest BCUT2D eigenvalue weighted by atomic mass is 10.1. The number of methoxy groups -OCH3 is 1. The van der Waals surface area contributed by atoms with Gasteiger partial charge < -0.3 is 15.0 Å². The van der Waals surface area contributed by atoms with Gasteiger partial charge >= 0.3 is 0 Å². The molecule has 1 saturated heterocycles. The first-order valence-electron chi connectivity index (χ1n) is 8.91. The van der Waals surface area contributed by atoms with Crippen molar-refractivity contribution in [3.63, 3.8) is 0 Å². The van der Waals surface area contributed by atoms with E-state index in [1.165, 1.54) is 0 Å². The summed E-state index contributed by atoms with van der Waals surface area (Å²) in [6, 6.07) is 6.53. The number of nitrogens with one attached hydrogen (secondary N) is 1. The van der Waals surface area contributed by atoms with Gasteiger partial charge in [-0.05, 0) is 30.9 Å². The number of carbonyl (C=O) groups excluding carboxylic acids is 2. The SMILES string of the molecule is COCCCNC(=O)C1CSC(CC(C)C)N1C(=O)c1ccccc1Cl. The summed E-state index contributed by atoms with van der Waals surface area (Å²) in [5.41, 5.74) is 0.447. The largest absolute Gasteiger partial charge is 0.385 e. The highest BCUT2D eigenvalue weighted by Crippen LogP contribution is 2.35. The average molecular weight is 399 g/mol. The molecule has 0 saturated carbocycles. The molecule has 0 aliphatic carbocycles. The van der Waals surface area contributed by atoms with Crippen LogP contribution in [0.5, 0.6) is 0 Å².